The topological polar surface area (TPSA) is 180 Å². The van der Waals surface area contributed by atoms with Crippen LogP contribution in [0.25, 0.3) is 0 Å². The van der Waals surface area contributed by atoms with E-state index in [4.69, 9.17) is 19.9 Å². The number of fused-ring (bicyclic) bond motifs is 2. The van der Waals surface area contributed by atoms with Gasteiger partial charge in [-0.05, 0) is 38.2 Å². The summed E-state index contributed by atoms with van der Waals surface area (Å²) in [5.74, 6) is -3.76. The van der Waals surface area contributed by atoms with Crippen LogP contribution in [0.5, 0.6) is 0 Å². The number of carbonyl (C=O) groups is 6. The molecule has 0 radical (unpaired) electrons. The second-order valence-electron chi connectivity index (χ2n) is 10.4. The zero-order valence-corrected chi connectivity index (χ0v) is 24.9. The summed E-state index contributed by atoms with van der Waals surface area (Å²) in [7, 11) is 2.79. The van der Waals surface area contributed by atoms with Crippen molar-refractivity contribution in [3.63, 3.8) is 0 Å². The number of rotatable bonds is 4. The first-order valence-corrected chi connectivity index (χ1v) is 13.4. The van der Waals surface area contributed by atoms with Crippen LogP contribution in [0.3, 0.4) is 0 Å². The molecule has 4 N–H and O–H groups in total. The largest absolute Gasteiger partial charge is 0.439 e. The van der Waals surface area contributed by atoms with Crippen LogP contribution in [0.2, 0.25) is 0 Å². The van der Waals surface area contributed by atoms with Gasteiger partial charge < -0.3 is 30.6 Å². The van der Waals surface area contributed by atoms with E-state index in [1.54, 1.807) is 26.8 Å². The first-order chi connectivity index (χ1) is 19.7. The van der Waals surface area contributed by atoms with Crippen molar-refractivity contribution < 1.29 is 43.0 Å². The van der Waals surface area contributed by atoms with Crippen LogP contribution >= 0.6 is 0 Å². The maximum absolute atomic E-state index is 13.5. The number of amides is 3. The zero-order valence-electron chi connectivity index (χ0n) is 24.9. The molecule has 4 unspecified atom stereocenters. The van der Waals surface area contributed by atoms with Crippen molar-refractivity contribution in [2.75, 3.05) is 14.2 Å². The summed E-state index contributed by atoms with van der Waals surface area (Å²) in [5.41, 5.74) is 5.60. The molecule has 0 saturated heterocycles. The number of ketones is 3. The lowest BCUT2D eigenvalue weighted by molar-refractivity contribution is -0.132. The number of ether oxygens (including phenoxy) is 3. The molecule has 0 fully saturated rings. The fourth-order valence-corrected chi connectivity index (χ4v) is 4.74. The Balaban J connectivity index is 2.64. The summed E-state index contributed by atoms with van der Waals surface area (Å²) in [6.07, 6.45) is 3.56. The van der Waals surface area contributed by atoms with Crippen molar-refractivity contribution in [1.82, 2.24) is 10.6 Å². The van der Waals surface area contributed by atoms with Gasteiger partial charge in [-0.3, -0.25) is 24.0 Å². The molecule has 42 heavy (non-hydrogen) atoms. The van der Waals surface area contributed by atoms with Crippen molar-refractivity contribution in [2.45, 2.75) is 65.8 Å². The average molecular weight is 586 g/mol. The summed E-state index contributed by atoms with van der Waals surface area (Å²) >= 11 is 0. The van der Waals surface area contributed by atoms with Crippen molar-refractivity contribution in [3.8, 4) is 0 Å². The number of primary amides is 1. The molecule has 0 aromatic heterocycles. The molecule has 1 aliphatic heterocycles. The number of methoxy groups -OCH3 is 2. The zero-order chi connectivity index (χ0) is 31.7. The fraction of sp³-hybridized carbons (Fsp3) is 0.467. The first kappa shape index (κ1) is 34.0. The minimum Gasteiger partial charge on any atom is -0.439 e. The van der Waals surface area contributed by atoms with E-state index in [2.05, 4.69) is 10.6 Å². The predicted molar refractivity (Wildman–Crippen MR) is 152 cm³/mol. The Labute approximate surface area is 245 Å². The normalized spacial score (nSPS) is 29.9. The summed E-state index contributed by atoms with van der Waals surface area (Å²) in [4.78, 5) is 76.2. The van der Waals surface area contributed by atoms with Gasteiger partial charge in [0.25, 0.3) is 5.91 Å². The molecule has 12 nitrogen and oxygen atoms in total. The Morgan fingerprint density at radius 3 is 2.31 bits per heavy atom. The Bertz CT molecular complexity index is 1290. The van der Waals surface area contributed by atoms with Crippen molar-refractivity contribution >= 4 is 35.3 Å². The number of Topliss-reactive ketones (excluding diaryl/α,β-unsaturated/α-hetero) is 2. The lowest BCUT2D eigenvalue weighted by atomic mass is 9.85. The van der Waals surface area contributed by atoms with Crippen LogP contribution in [-0.4, -0.2) is 67.8 Å². The third-order valence-electron chi connectivity index (χ3n) is 6.89. The third-order valence-corrected chi connectivity index (χ3v) is 6.89. The van der Waals surface area contributed by atoms with E-state index in [9.17, 15) is 28.8 Å². The van der Waals surface area contributed by atoms with Gasteiger partial charge in [0.2, 0.25) is 17.5 Å². The highest BCUT2D eigenvalue weighted by molar-refractivity contribution is 6.24. The van der Waals surface area contributed by atoms with Crippen LogP contribution in [0.15, 0.2) is 58.5 Å². The van der Waals surface area contributed by atoms with E-state index in [1.807, 2.05) is 0 Å². The van der Waals surface area contributed by atoms with Gasteiger partial charge in [0.05, 0.1) is 11.4 Å². The fourth-order valence-electron chi connectivity index (χ4n) is 4.74. The number of hydrogen-bond donors (Lipinski definition) is 3. The first-order valence-electron chi connectivity index (χ1n) is 13.4. The lowest BCUT2D eigenvalue weighted by Gasteiger charge is -2.26. The second kappa shape index (κ2) is 15.2. The third kappa shape index (κ3) is 8.92. The molecule has 12 heteroatoms. The number of hydrogen-bond acceptors (Lipinski definition) is 9. The van der Waals surface area contributed by atoms with E-state index in [0.29, 0.717) is 5.57 Å². The quantitative estimate of drug-likeness (QED) is 0.329. The van der Waals surface area contributed by atoms with Gasteiger partial charge in [0.15, 0.2) is 11.9 Å². The van der Waals surface area contributed by atoms with Crippen LogP contribution in [0.1, 0.15) is 47.5 Å². The van der Waals surface area contributed by atoms with Crippen LogP contribution < -0.4 is 16.4 Å². The highest BCUT2D eigenvalue weighted by atomic mass is 16.6. The van der Waals surface area contributed by atoms with Gasteiger partial charge >= 0.3 is 6.09 Å². The van der Waals surface area contributed by atoms with Gasteiger partial charge in [-0.1, -0.05) is 38.2 Å². The molecule has 5 atom stereocenters. The van der Waals surface area contributed by atoms with E-state index in [-0.39, 0.29) is 47.1 Å². The standard InChI is InChI=1S/C30H39N3O9/c1-15-11-20-25(32-19(5)34)22(35)14-21(27(20)37)33-29(38)16(2)9-8-10-23(40-6)28(42-30(31)39)18(4)13-17(3)26(36)24(12-15)41-7/h8-10,13-15,17,23-24,28H,11-12H2,1-7H3,(H2,31,39)(H,32,34)(H,33,38)/b10-8-,16-9+,18-13+/t15?,17-,23?,24?,28?/m0/s1. The van der Waals surface area contributed by atoms with Gasteiger partial charge in [-0.15, -0.1) is 0 Å². The van der Waals surface area contributed by atoms with Gasteiger partial charge in [-0.2, -0.15) is 0 Å². The van der Waals surface area contributed by atoms with Crippen LogP contribution in [-0.2, 0) is 38.2 Å². The molecule has 3 amide bonds. The molecule has 0 saturated carbocycles. The molecular formula is C30H39N3O9. The molecular weight excluding hydrogens is 546 g/mol. The van der Waals surface area contributed by atoms with Crippen LogP contribution in [0, 0.1) is 11.8 Å². The highest BCUT2D eigenvalue weighted by Gasteiger charge is 2.33. The van der Waals surface area contributed by atoms with Gasteiger partial charge in [-0.25, -0.2) is 4.79 Å². The molecule has 2 bridgehead atoms. The molecule has 0 spiro atoms. The second-order valence-corrected chi connectivity index (χ2v) is 10.4. The Morgan fingerprint density at radius 2 is 1.74 bits per heavy atom. The van der Waals surface area contributed by atoms with E-state index < -0.39 is 53.7 Å². The number of carbonyl (C=O) groups excluding carboxylic acids is 6. The predicted octanol–water partition coefficient (Wildman–Crippen LogP) is 2.11. The van der Waals surface area contributed by atoms with Gasteiger partial charge in [0, 0.05) is 44.3 Å². The summed E-state index contributed by atoms with van der Waals surface area (Å²) < 4.78 is 16.3. The monoisotopic (exact) mass is 585 g/mol. The molecule has 0 aromatic carbocycles. The minimum absolute atomic E-state index is 0.0143. The minimum atomic E-state index is -1.04. The van der Waals surface area contributed by atoms with E-state index in [1.165, 1.54) is 46.3 Å². The molecule has 228 valence electrons. The smallest absolute Gasteiger partial charge is 0.405 e. The van der Waals surface area contributed by atoms with Crippen molar-refractivity contribution in [2.24, 2.45) is 17.6 Å². The highest BCUT2D eigenvalue weighted by Crippen LogP contribution is 2.27. The Hall–Kier alpha value is -4.16. The summed E-state index contributed by atoms with van der Waals surface area (Å²) in [5, 5.41) is 4.91. The molecule has 1 aliphatic carbocycles. The molecule has 1 heterocycles. The van der Waals surface area contributed by atoms with Crippen molar-refractivity contribution in [3.05, 3.63) is 58.5 Å². The average Bonchev–Trinajstić information content (AvgIpc) is 2.91. The Kier molecular flexibility index (Phi) is 12.3. The van der Waals surface area contributed by atoms with Crippen molar-refractivity contribution in [1.29, 1.82) is 0 Å². The number of nitrogens with one attached hydrogen (secondary N) is 2. The lowest BCUT2D eigenvalue weighted by Crippen LogP contribution is -2.37. The molecule has 0 aromatic rings. The van der Waals surface area contributed by atoms with Gasteiger partial charge in [0.1, 0.15) is 12.2 Å². The number of allylic oxidation sites excluding steroid dienone is 5. The van der Waals surface area contributed by atoms with Crippen LogP contribution in [0.4, 0.5) is 4.79 Å². The summed E-state index contributed by atoms with van der Waals surface area (Å²) in [6.45, 7) is 7.84. The maximum atomic E-state index is 13.5. The molecule has 2 rings (SSSR count). The molecule has 2 aliphatic rings. The number of nitrogens with two attached hydrogens (primary N) is 1. The Morgan fingerprint density at radius 1 is 1.07 bits per heavy atom. The maximum Gasteiger partial charge on any atom is 0.405 e. The van der Waals surface area contributed by atoms with E-state index in [0.717, 1.165) is 6.08 Å². The summed E-state index contributed by atoms with van der Waals surface area (Å²) in [6, 6.07) is 0. The SMILES string of the molecule is COC1CC(C)CC2=C(NC(C)=O)C(=O)C=C(NC(=O)/C(C)=C/C=C\C(OC)C(OC(N)=O)/C(C)=C/[C@H](C)C1=O)C2=O. The van der Waals surface area contributed by atoms with E-state index >= 15 is 0 Å².